The van der Waals surface area contributed by atoms with Gasteiger partial charge in [-0.15, -0.1) is 0 Å². The van der Waals surface area contributed by atoms with Gasteiger partial charge in [-0.25, -0.2) is 0 Å². The van der Waals surface area contributed by atoms with Crippen LogP contribution in [0.3, 0.4) is 0 Å². The van der Waals surface area contributed by atoms with Crippen molar-refractivity contribution in [3.8, 4) is 0 Å². The highest BCUT2D eigenvalue weighted by Gasteiger charge is 2.21. The number of hydrogen-bond donors (Lipinski definition) is 2. The molecule has 1 aliphatic carbocycles. The molecule has 3 heteroatoms. The monoisotopic (exact) mass is 322 g/mol. The standard InChI is InChI=1S/C21H26N2O/c22-19-14-13-17(12-11-16-7-3-1-4-8-16)15-20(19)23-21(24)18-9-5-2-6-10-18/h1,3-4,7-8,13-15,18H,2,5-6,9-12,22H2,(H,23,24). The molecule has 0 aliphatic heterocycles. The maximum Gasteiger partial charge on any atom is 0.227 e. The number of anilines is 2. The van der Waals surface area contributed by atoms with Gasteiger partial charge in [0.1, 0.15) is 0 Å². The molecule has 0 unspecified atom stereocenters. The van der Waals surface area contributed by atoms with Crippen LogP contribution < -0.4 is 11.1 Å². The number of nitrogen functional groups attached to an aromatic ring is 1. The topological polar surface area (TPSA) is 55.1 Å². The second-order valence-corrected chi connectivity index (χ2v) is 6.73. The second kappa shape index (κ2) is 8.00. The fourth-order valence-electron chi connectivity index (χ4n) is 3.40. The zero-order valence-electron chi connectivity index (χ0n) is 14.1. The van der Waals surface area contributed by atoms with Crippen molar-refractivity contribution in [3.63, 3.8) is 0 Å². The lowest BCUT2D eigenvalue weighted by molar-refractivity contribution is -0.120. The van der Waals surface area contributed by atoms with Gasteiger partial charge in [0.25, 0.3) is 0 Å². The van der Waals surface area contributed by atoms with Gasteiger partial charge < -0.3 is 11.1 Å². The molecular formula is C21H26N2O. The van der Waals surface area contributed by atoms with Crippen molar-refractivity contribution in [2.45, 2.75) is 44.9 Å². The first-order chi connectivity index (χ1) is 11.7. The first-order valence-corrected chi connectivity index (χ1v) is 8.95. The summed E-state index contributed by atoms with van der Waals surface area (Å²) in [5, 5.41) is 3.05. The summed E-state index contributed by atoms with van der Waals surface area (Å²) in [5.41, 5.74) is 9.98. The van der Waals surface area contributed by atoms with E-state index in [0.29, 0.717) is 5.69 Å². The third-order valence-electron chi connectivity index (χ3n) is 4.90. The Labute approximate surface area is 144 Å². The van der Waals surface area contributed by atoms with E-state index in [0.717, 1.165) is 44.2 Å². The molecule has 0 aromatic heterocycles. The van der Waals surface area contributed by atoms with E-state index in [-0.39, 0.29) is 11.8 Å². The summed E-state index contributed by atoms with van der Waals surface area (Å²) in [6.45, 7) is 0. The van der Waals surface area contributed by atoms with Crippen molar-refractivity contribution in [2.75, 3.05) is 11.1 Å². The number of carbonyl (C=O) groups excluding carboxylic acids is 1. The lowest BCUT2D eigenvalue weighted by Crippen LogP contribution is -2.25. The highest BCUT2D eigenvalue weighted by Crippen LogP contribution is 2.27. The molecule has 0 radical (unpaired) electrons. The van der Waals surface area contributed by atoms with Gasteiger partial charge in [0.2, 0.25) is 5.91 Å². The number of carbonyl (C=O) groups is 1. The first-order valence-electron chi connectivity index (χ1n) is 8.95. The lowest BCUT2D eigenvalue weighted by Gasteiger charge is -2.21. The molecule has 0 spiro atoms. The Morgan fingerprint density at radius 3 is 2.42 bits per heavy atom. The van der Waals surface area contributed by atoms with Crippen molar-refractivity contribution < 1.29 is 4.79 Å². The van der Waals surface area contributed by atoms with Crippen molar-refractivity contribution in [3.05, 3.63) is 59.7 Å². The molecule has 1 saturated carbocycles. The zero-order valence-corrected chi connectivity index (χ0v) is 14.1. The van der Waals surface area contributed by atoms with Crippen LogP contribution in [0.2, 0.25) is 0 Å². The van der Waals surface area contributed by atoms with E-state index < -0.39 is 0 Å². The van der Waals surface area contributed by atoms with Crippen LogP contribution >= 0.6 is 0 Å². The van der Waals surface area contributed by atoms with Gasteiger partial charge in [0.05, 0.1) is 11.4 Å². The molecular weight excluding hydrogens is 296 g/mol. The Morgan fingerprint density at radius 2 is 1.67 bits per heavy atom. The summed E-state index contributed by atoms with van der Waals surface area (Å²) in [5.74, 6) is 0.271. The molecule has 0 saturated heterocycles. The average Bonchev–Trinajstić information content (AvgIpc) is 2.64. The summed E-state index contributed by atoms with van der Waals surface area (Å²) in [6, 6.07) is 16.4. The minimum absolute atomic E-state index is 0.126. The predicted molar refractivity (Wildman–Crippen MR) is 99.9 cm³/mol. The molecule has 24 heavy (non-hydrogen) atoms. The summed E-state index contributed by atoms with van der Waals surface area (Å²) in [4.78, 5) is 12.4. The van der Waals surface area contributed by atoms with E-state index in [1.54, 1.807) is 0 Å². The third-order valence-corrected chi connectivity index (χ3v) is 4.90. The van der Waals surface area contributed by atoms with Gasteiger partial charge in [-0.05, 0) is 48.9 Å². The Balaban J connectivity index is 1.63. The predicted octanol–water partition coefficient (Wildman–Crippen LogP) is 4.57. The van der Waals surface area contributed by atoms with Crippen LogP contribution in [0.4, 0.5) is 11.4 Å². The van der Waals surface area contributed by atoms with Crippen LogP contribution in [-0.4, -0.2) is 5.91 Å². The molecule has 3 rings (SSSR count). The number of benzene rings is 2. The van der Waals surface area contributed by atoms with Gasteiger partial charge in [-0.2, -0.15) is 0 Å². The van der Waals surface area contributed by atoms with E-state index in [1.807, 2.05) is 18.2 Å². The number of amides is 1. The Kier molecular flexibility index (Phi) is 5.52. The zero-order chi connectivity index (χ0) is 16.8. The molecule has 0 atom stereocenters. The van der Waals surface area contributed by atoms with E-state index in [4.69, 9.17) is 5.73 Å². The van der Waals surface area contributed by atoms with Crippen LogP contribution in [0.5, 0.6) is 0 Å². The lowest BCUT2D eigenvalue weighted by atomic mass is 9.88. The summed E-state index contributed by atoms with van der Waals surface area (Å²) < 4.78 is 0. The van der Waals surface area contributed by atoms with Crippen LogP contribution in [0.15, 0.2) is 48.5 Å². The van der Waals surface area contributed by atoms with Crippen molar-refractivity contribution in [1.29, 1.82) is 0 Å². The van der Waals surface area contributed by atoms with Crippen LogP contribution in [0.1, 0.15) is 43.2 Å². The number of rotatable bonds is 5. The largest absolute Gasteiger partial charge is 0.397 e. The SMILES string of the molecule is Nc1ccc(CCc2ccccc2)cc1NC(=O)C1CCCCC1. The molecule has 0 heterocycles. The van der Waals surface area contributed by atoms with Gasteiger partial charge in [0, 0.05) is 5.92 Å². The molecule has 2 aromatic carbocycles. The summed E-state index contributed by atoms with van der Waals surface area (Å²) in [6.07, 6.45) is 7.49. The molecule has 1 fully saturated rings. The fraction of sp³-hybridized carbons (Fsp3) is 0.381. The van der Waals surface area contributed by atoms with Gasteiger partial charge in [0.15, 0.2) is 0 Å². The smallest absolute Gasteiger partial charge is 0.227 e. The average molecular weight is 322 g/mol. The van der Waals surface area contributed by atoms with E-state index in [9.17, 15) is 4.79 Å². The third kappa shape index (κ3) is 4.38. The van der Waals surface area contributed by atoms with Gasteiger partial charge in [-0.3, -0.25) is 4.79 Å². The van der Waals surface area contributed by atoms with Crippen LogP contribution in [0, 0.1) is 5.92 Å². The first kappa shape index (κ1) is 16.6. The van der Waals surface area contributed by atoms with E-state index in [2.05, 4.69) is 35.6 Å². The minimum atomic E-state index is 0.126. The molecule has 1 aliphatic rings. The van der Waals surface area contributed by atoms with Crippen molar-refractivity contribution in [1.82, 2.24) is 0 Å². The van der Waals surface area contributed by atoms with Crippen LogP contribution in [-0.2, 0) is 17.6 Å². The van der Waals surface area contributed by atoms with E-state index in [1.165, 1.54) is 17.5 Å². The number of hydrogen-bond acceptors (Lipinski definition) is 2. The maximum absolute atomic E-state index is 12.4. The highest BCUT2D eigenvalue weighted by molar-refractivity contribution is 5.95. The number of nitrogens with two attached hydrogens (primary N) is 1. The number of aryl methyl sites for hydroxylation is 2. The quantitative estimate of drug-likeness (QED) is 0.792. The van der Waals surface area contributed by atoms with Crippen molar-refractivity contribution >= 4 is 17.3 Å². The molecule has 0 bridgehead atoms. The van der Waals surface area contributed by atoms with Gasteiger partial charge in [-0.1, -0.05) is 55.7 Å². The Hall–Kier alpha value is -2.29. The molecule has 3 N–H and O–H groups in total. The summed E-state index contributed by atoms with van der Waals surface area (Å²) >= 11 is 0. The molecule has 2 aromatic rings. The van der Waals surface area contributed by atoms with Crippen LogP contribution in [0.25, 0.3) is 0 Å². The molecule has 1 amide bonds. The van der Waals surface area contributed by atoms with E-state index >= 15 is 0 Å². The Bertz CT molecular complexity index is 675. The molecule has 3 nitrogen and oxygen atoms in total. The number of nitrogens with one attached hydrogen (secondary N) is 1. The van der Waals surface area contributed by atoms with Crippen molar-refractivity contribution in [2.24, 2.45) is 5.92 Å². The fourth-order valence-corrected chi connectivity index (χ4v) is 3.40. The summed E-state index contributed by atoms with van der Waals surface area (Å²) in [7, 11) is 0. The second-order valence-electron chi connectivity index (χ2n) is 6.73. The minimum Gasteiger partial charge on any atom is -0.397 e. The highest BCUT2D eigenvalue weighted by atomic mass is 16.1. The normalized spacial score (nSPS) is 15.2. The molecule has 126 valence electrons. The maximum atomic E-state index is 12.4. The Morgan fingerprint density at radius 1 is 0.958 bits per heavy atom. The van der Waals surface area contributed by atoms with Gasteiger partial charge >= 0.3 is 0 Å².